The molecule has 30 heavy (non-hydrogen) atoms. The molecule has 6 nitrogen and oxygen atoms in total. The van der Waals surface area contributed by atoms with Gasteiger partial charge in [0, 0.05) is 19.0 Å². The van der Waals surface area contributed by atoms with Crippen LogP contribution in [-0.4, -0.2) is 34.7 Å². The number of carbonyl (C=O) groups is 1. The van der Waals surface area contributed by atoms with Gasteiger partial charge in [-0.1, -0.05) is 51.1 Å². The number of hydrogen-bond acceptors (Lipinski definition) is 5. The molecule has 1 aromatic heterocycles. The van der Waals surface area contributed by atoms with Crippen LogP contribution in [0.3, 0.4) is 0 Å². The van der Waals surface area contributed by atoms with Crippen molar-refractivity contribution >= 4 is 5.91 Å². The number of carbonyl (C=O) groups excluding carboxylic acids is 1. The van der Waals surface area contributed by atoms with Crippen LogP contribution in [0.2, 0.25) is 0 Å². The van der Waals surface area contributed by atoms with E-state index in [0.29, 0.717) is 31.2 Å². The minimum Gasteiger partial charge on any atom is -0.494 e. The van der Waals surface area contributed by atoms with E-state index in [0.717, 1.165) is 11.3 Å². The minimum atomic E-state index is 0.0148. The maximum Gasteiger partial charge on any atom is 0.247 e. The van der Waals surface area contributed by atoms with Crippen LogP contribution >= 0.6 is 0 Å². The number of ether oxygens (including phenoxy) is 1. The molecular formula is C24H29N3O3. The highest BCUT2D eigenvalue weighted by Gasteiger charge is 2.16. The van der Waals surface area contributed by atoms with E-state index in [1.165, 1.54) is 5.56 Å². The fraction of sp³-hybridized carbons (Fsp3) is 0.375. The van der Waals surface area contributed by atoms with E-state index < -0.39 is 0 Å². The smallest absolute Gasteiger partial charge is 0.247 e. The molecule has 0 aliphatic carbocycles. The summed E-state index contributed by atoms with van der Waals surface area (Å²) in [5, 5.41) is 8.21. The Hall–Kier alpha value is -3.15. The summed E-state index contributed by atoms with van der Waals surface area (Å²) >= 11 is 0. The SMILES string of the molecule is CN(Cc1nnc(-c2ccc(C(C)(C)C)cc2)o1)C(=O)CCCOc1ccccc1. The van der Waals surface area contributed by atoms with Crippen molar-refractivity contribution in [2.45, 2.75) is 45.6 Å². The van der Waals surface area contributed by atoms with Crippen LogP contribution in [0.25, 0.3) is 11.5 Å². The number of nitrogens with zero attached hydrogens (tertiary/aromatic N) is 3. The second-order valence-electron chi connectivity index (χ2n) is 8.34. The van der Waals surface area contributed by atoms with Gasteiger partial charge < -0.3 is 14.1 Å². The van der Waals surface area contributed by atoms with Gasteiger partial charge in [-0.3, -0.25) is 4.79 Å². The average Bonchev–Trinajstić information content (AvgIpc) is 3.19. The Balaban J connectivity index is 1.48. The third-order valence-corrected chi connectivity index (χ3v) is 4.81. The molecule has 0 spiro atoms. The number of para-hydroxylation sites is 1. The van der Waals surface area contributed by atoms with Gasteiger partial charge in [0.1, 0.15) is 5.75 Å². The highest BCUT2D eigenvalue weighted by atomic mass is 16.5. The van der Waals surface area contributed by atoms with Crippen LogP contribution < -0.4 is 4.74 Å². The molecule has 0 saturated heterocycles. The van der Waals surface area contributed by atoms with Crippen molar-refractivity contribution in [1.29, 1.82) is 0 Å². The lowest BCUT2D eigenvalue weighted by molar-refractivity contribution is -0.130. The van der Waals surface area contributed by atoms with E-state index in [1.54, 1.807) is 11.9 Å². The zero-order valence-electron chi connectivity index (χ0n) is 18.1. The van der Waals surface area contributed by atoms with E-state index in [1.807, 2.05) is 42.5 Å². The zero-order chi connectivity index (χ0) is 21.6. The molecule has 0 fully saturated rings. The van der Waals surface area contributed by atoms with Crippen LogP contribution in [0.5, 0.6) is 5.75 Å². The van der Waals surface area contributed by atoms with E-state index in [4.69, 9.17) is 9.15 Å². The van der Waals surface area contributed by atoms with Crippen LogP contribution in [0, 0.1) is 0 Å². The van der Waals surface area contributed by atoms with Crippen LogP contribution in [-0.2, 0) is 16.8 Å². The molecule has 0 aliphatic heterocycles. The number of aromatic nitrogens is 2. The monoisotopic (exact) mass is 407 g/mol. The predicted molar refractivity (Wildman–Crippen MR) is 116 cm³/mol. The van der Waals surface area contributed by atoms with Crippen molar-refractivity contribution in [2.24, 2.45) is 0 Å². The Morgan fingerprint density at radius 2 is 1.73 bits per heavy atom. The van der Waals surface area contributed by atoms with Gasteiger partial charge in [0.05, 0.1) is 13.2 Å². The molecular weight excluding hydrogens is 378 g/mol. The van der Waals surface area contributed by atoms with Crippen molar-refractivity contribution in [1.82, 2.24) is 15.1 Å². The van der Waals surface area contributed by atoms with Gasteiger partial charge in [-0.15, -0.1) is 10.2 Å². The lowest BCUT2D eigenvalue weighted by Gasteiger charge is -2.18. The van der Waals surface area contributed by atoms with E-state index in [9.17, 15) is 4.79 Å². The number of hydrogen-bond donors (Lipinski definition) is 0. The fourth-order valence-electron chi connectivity index (χ4n) is 2.96. The van der Waals surface area contributed by atoms with Crippen molar-refractivity contribution in [2.75, 3.05) is 13.7 Å². The quantitative estimate of drug-likeness (QED) is 0.499. The van der Waals surface area contributed by atoms with Crippen LogP contribution in [0.15, 0.2) is 59.0 Å². The first-order valence-electron chi connectivity index (χ1n) is 10.2. The van der Waals surface area contributed by atoms with Gasteiger partial charge in [0.25, 0.3) is 0 Å². The zero-order valence-corrected chi connectivity index (χ0v) is 18.1. The Bertz CT molecular complexity index is 944. The first kappa shape index (κ1) is 21.6. The van der Waals surface area contributed by atoms with Gasteiger partial charge in [0.15, 0.2) is 0 Å². The summed E-state index contributed by atoms with van der Waals surface area (Å²) in [6.45, 7) is 7.30. The molecule has 1 heterocycles. The van der Waals surface area contributed by atoms with E-state index in [-0.39, 0.29) is 17.9 Å². The lowest BCUT2D eigenvalue weighted by Crippen LogP contribution is -2.26. The standard InChI is InChI=1S/C24H29N3O3/c1-24(2,3)19-14-12-18(13-15-19)23-26-25-21(30-23)17-27(4)22(28)11-8-16-29-20-9-6-5-7-10-20/h5-7,9-10,12-15H,8,11,16-17H2,1-4H3. The second kappa shape index (κ2) is 9.57. The molecule has 0 atom stereocenters. The molecule has 0 radical (unpaired) electrons. The van der Waals surface area contributed by atoms with Crippen molar-refractivity contribution in [3.8, 4) is 17.2 Å². The van der Waals surface area contributed by atoms with Gasteiger partial charge in [-0.05, 0) is 41.7 Å². The molecule has 0 unspecified atom stereocenters. The molecule has 2 aromatic carbocycles. The fourth-order valence-corrected chi connectivity index (χ4v) is 2.96. The van der Waals surface area contributed by atoms with Gasteiger partial charge >= 0.3 is 0 Å². The molecule has 3 aromatic rings. The minimum absolute atomic E-state index is 0.0148. The number of amides is 1. The van der Waals surface area contributed by atoms with Gasteiger partial charge in [-0.25, -0.2) is 0 Å². The molecule has 158 valence electrons. The van der Waals surface area contributed by atoms with Crippen LogP contribution in [0.1, 0.15) is 45.1 Å². The molecule has 1 amide bonds. The second-order valence-corrected chi connectivity index (χ2v) is 8.34. The largest absolute Gasteiger partial charge is 0.494 e. The topological polar surface area (TPSA) is 68.5 Å². The van der Waals surface area contributed by atoms with Crippen LogP contribution in [0.4, 0.5) is 0 Å². The summed E-state index contributed by atoms with van der Waals surface area (Å²) in [4.78, 5) is 13.9. The summed E-state index contributed by atoms with van der Waals surface area (Å²) < 4.78 is 11.4. The normalized spacial score (nSPS) is 11.3. The first-order valence-corrected chi connectivity index (χ1v) is 10.2. The Morgan fingerprint density at radius 3 is 2.40 bits per heavy atom. The summed E-state index contributed by atoms with van der Waals surface area (Å²) in [6, 6.07) is 17.7. The molecule has 0 aliphatic rings. The first-order chi connectivity index (χ1) is 14.3. The highest BCUT2D eigenvalue weighted by molar-refractivity contribution is 5.75. The highest BCUT2D eigenvalue weighted by Crippen LogP contribution is 2.25. The van der Waals surface area contributed by atoms with E-state index >= 15 is 0 Å². The van der Waals surface area contributed by atoms with Crippen molar-refractivity contribution in [3.63, 3.8) is 0 Å². The summed E-state index contributed by atoms with van der Waals surface area (Å²) in [7, 11) is 1.74. The molecule has 0 N–H and O–H groups in total. The number of rotatable bonds is 8. The summed E-state index contributed by atoms with van der Waals surface area (Å²) in [5.41, 5.74) is 2.20. The van der Waals surface area contributed by atoms with Crippen molar-refractivity contribution < 1.29 is 13.9 Å². The van der Waals surface area contributed by atoms with Gasteiger partial charge in [0.2, 0.25) is 17.7 Å². The molecule has 0 bridgehead atoms. The maximum atomic E-state index is 12.3. The third-order valence-electron chi connectivity index (χ3n) is 4.81. The molecule has 0 saturated carbocycles. The van der Waals surface area contributed by atoms with Crippen molar-refractivity contribution in [3.05, 3.63) is 66.1 Å². The molecule has 6 heteroatoms. The Labute approximate surface area is 177 Å². The van der Waals surface area contributed by atoms with E-state index in [2.05, 4.69) is 43.1 Å². The molecule has 3 rings (SSSR count). The maximum absolute atomic E-state index is 12.3. The Kier molecular flexibility index (Phi) is 6.87. The predicted octanol–water partition coefficient (Wildman–Crippen LogP) is 4.85. The Morgan fingerprint density at radius 1 is 1.03 bits per heavy atom. The summed E-state index contributed by atoms with van der Waals surface area (Å²) in [6.07, 6.45) is 1.05. The average molecular weight is 408 g/mol. The number of benzene rings is 2. The lowest BCUT2D eigenvalue weighted by atomic mass is 9.87. The van der Waals surface area contributed by atoms with Gasteiger partial charge in [-0.2, -0.15) is 0 Å². The third kappa shape index (κ3) is 5.92. The summed E-state index contributed by atoms with van der Waals surface area (Å²) in [5.74, 6) is 1.71.